The van der Waals surface area contributed by atoms with E-state index in [2.05, 4.69) is 15.5 Å². The molecule has 9 heteroatoms. The smallest absolute Gasteiger partial charge is 0.312 e. The zero-order valence-electron chi connectivity index (χ0n) is 14.7. The minimum absolute atomic E-state index is 0.157. The van der Waals surface area contributed by atoms with Gasteiger partial charge in [-0.05, 0) is 23.8 Å². The van der Waals surface area contributed by atoms with E-state index in [1.807, 2.05) is 30.3 Å². The number of urea groups is 1. The van der Waals surface area contributed by atoms with Gasteiger partial charge in [-0.2, -0.15) is 0 Å². The van der Waals surface area contributed by atoms with Crippen molar-refractivity contribution < 1.29 is 18.7 Å². The van der Waals surface area contributed by atoms with Crippen LogP contribution in [0, 0.1) is 0 Å². The first-order chi connectivity index (χ1) is 13.5. The lowest BCUT2D eigenvalue weighted by Crippen LogP contribution is -2.34. The van der Waals surface area contributed by atoms with Crippen molar-refractivity contribution in [3.63, 3.8) is 0 Å². The van der Waals surface area contributed by atoms with Crippen LogP contribution in [0.5, 0.6) is 0 Å². The molecule has 3 aromatic rings. The van der Waals surface area contributed by atoms with Gasteiger partial charge in [0, 0.05) is 10.6 Å². The molecule has 0 aliphatic carbocycles. The van der Waals surface area contributed by atoms with Crippen LogP contribution in [0.25, 0.3) is 11.5 Å². The monoisotopic (exact) mass is 400 g/mol. The second-order valence-corrected chi connectivity index (χ2v) is 6.22. The molecule has 0 saturated carbocycles. The number of rotatable bonds is 7. The van der Waals surface area contributed by atoms with Gasteiger partial charge in [0.2, 0.25) is 5.89 Å². The highest BCUT2D eigenvalue weighted by Gasteiger charge is 2.21. The van der Waals surface area contributed by atoms with Gasteiger partial charge in [-0.1, -0.05) is 48.0 Å². The maximum atomic E-state index is 12.2. The van der Waals surface area contributed by atoms with E-state index in [4.69, 9.17) is 26.5 Å². The highest BCUT2D eigenvalue weighted by Crippen LogP contribution is 2.25. The van der Waals surface area contributed by atoms with Crippen molar-refractivity contribution in [3.05, 3.63) is 71.1 Å². The third kappa shape index (κ3) is 5.08. The third-order valence-electron chi connectivity index (χ3n) is 3.81. The normalized spacial score (nSPS) is 11.6. The molecule has 0 bridgehead atoms. The Morgan fingerprint density at radius 3 is 2.54 bits per heavy atom. The first-order valence-electron chi connectivity index (χ1n) is 8.36. The van der Waals surface area contributed by atoms with Gasteiger partial charge in [0.05, 0.1) is 12.5 Å². The molecule has 0 aliphatic heterocycles. The number of esters is 1. The Morgan fingerprint density at radius 2 is 1.82 bits per heavy atom. The van der Waals surface area contributed by atoms with Gasteiger partial charge in [-0.25, -0.2) is 4.79 Å². The Kier molecular flexibility index (Phi) is 6.23. The number of nitrogens with zero attached hydrogens (tertiary/aromatic N) is 2. The third-order valence-corrected chi connectivity index (χ3v) is 4.16. The Balaban J connectivity index is 1.61. The summed E-state index contributed by atoms with van der Waals surface area (Å²) < 4.78 is 10.7. The average molecular weight is 401 g/mol. The van der Waals surface area contributed by atoms with Crippen LogP contribution in [0.3, 0.4) is 0 Å². The molecule has 1 heterocycles. The Morgan fingerprint density at radius 1 is 1.11 bits per heavy atom. The second-order valence-electron chi connectivity index (χ2n) is 5.81. The number of nitrogens with one attached hydrogen (secondary N) is 1. The summed E-state index contributed by atoms with van der Waals surface area (Å²) in [4.78, 5) is 23.5. The van der Waals surface area contributed by atoms with Crippen molar-refractivity contribution in [1.29, 1.82) is 0 Å². The molecule has 28 heavy (non-hydrogen) atoms. The van der Waals surface area contributed by atoms with Crippen molar-refractivity contribution in [2.75, 3.05) is 0 Å². The summed E-state index contributed by atoms with van der Waals surface area (Å²) in [7, 11) is 0. The summed E-state index contributed by atoms with van der Waals surface area (Å²) >= 11 is 6.14. The molecule has 0 aliphatic rings. The molecule has 0 spiro atoms. The van der Waals surface area contributed by atoms with Crippen molar-refractivity contribution in [2.45, 2.75) is 19.1 Å². The first-order valence-corrected chi connectivity index (χ1v) is 8.74. The summed E-state index contributed by atoms with van der Waals surface area (Å²) in [6, 6.07) is 14.6. The van der Waals surface area contributed by atoms with E-state index in [0.29, 0.717) is 16.5 Å². The van der Waals surface area contributed by atoms with Crippen molar-refractivity contribution in [1.82, 2.24) is 15.5 Å². The molecule has 8 nitrogen and oxygen atoms in total. The van der Waals surface area contributed by atoms with Crippen LogP contribution < -0.4 is 11.1 Å². The van der Waals surface area contributed by atoms with Gasteiger partial charge in [0.25, 0.3) is 5.89 Å². The van der Waals surface area contributed by atoms with E-state index >= 15 is 0 Å². The van der Waals surface area contributed by atoms with Gasteiger partial charge in [0.1, 0.15) is 0 Å². The molecule has 144 valence electrons. The lowest BCUT2D eigenvalue weighted by Gasteiger charge is -2.18. The predicted octanol–water partition coefficient (Wildman–Crippen LogP) is 3.23. The number of nitrogens with two attached hydrogens (primary N) is 1. The van der Waals surface area contributed by atoms with E-state index in [1.54, 1.807) is 24.3 Å². The number of ether oxygens (including phenoxy) is 1. The molecule has 0 saturated heterocycles. The van der Waals surface area contributed by atoms with Crippen molar-refractivity contribution >= 4 is 23.6 Å². The number of benzene rings is 2. The fraction of sp³-hybridized carbons (Fsp3) is 0.158. The van der Waals surface area contributed by atoms with Crippen LogP contribution in [-0.4, -0.2) is 22.2 Å². The average Bonchev–Trinajstić information content (AvgIpc) is 3.16. The highest BCUT2D eigenvalue weighted by atomic mass is 35.5. The molecule has 1 aromatic heterocycles. The maximum Gasteiger partial charge on any atom is 0.312 e. The minimum Gasteiger partial charge on any atom is -0.456 e. The number of aromatic nitrogens is 2. The van der Waals surface area contributed by atoms with E-state index in [1.165, 1.54) is 0 Å². The molecule has 1 atom stereocenters. The first kappa shape index (κ1) is 19.4. The fourth-order valence-electron chi connectivity index (χ4n) is 2.55. The number of carbonyl (C=O) groups excluding carboxylic acids is 2. The van der Waals surface area contributed by atoms with Gasteiger partial charge >= 0.3 is 12.0 Å². The van der Waals surface area contributed by atoms with Gasteiger partial charge in [0.15, 0.2) is 6.61 Å². The number of carbonyl (C=O) groups is 2. The lowest BCUT2D eigenvalue weighted by molar-refractivity contribution is -0.146. The van der Waals surface area contributed by atoms with E-state index < -0.39 is 18.0 Å². The lowest BCUT2D eigenvalue weighted by atomic mass is 10.0. The Hall–Kier alpha value is -3.39. The van der Waals surface area contributed by atoms with Crippen molar-refractivity contribution in [3.8, 4) is 11.5 Å². The van der Waals surface area contributed by atoms with Gasteiger partial charge in [-0.15, -0.1) is 10.2 Å². The van der Waals surface area contributed by atoms with Crippen LogP contribution >= 0.6 is 11.6 Å². The molecule has 2 aromatic carbocycles. The highest BCUT2D eigenvalue weighted by molar-refractivity contribution is 6.31. The SMILES string of the molecule is NC(=O)N[C@@H](CC(=O)OCc1nnc(-c2ccccc2)o1)c1ccccc1Cl. The van der Waals surface area contributed by atoms with Crippen LogP contribution in [0.1, 0.15) is 23.9 Å². The minimum atomic E-state index is -0.776. The largest absolute Gasteiger partial charge is 0.456 e. The molecule has 2 amide bonds. The molecule has 0 unspecified atom stereocenters. The number of hydrogen-bond donors (Lipinski definition) is 2. The zero-order chi connectivity index (χ0) is 19.9. The van der Waals surface area contributed by atoms with E-state index in [9.17, 15) is 9.59 Å². The maximum absolute atomic E-state index is 12.2. The summed E-state index contributed by atoms with van der Waals surface area (Å²) in [6.07, 6.45) is -0.160. The van der Waals surface area contributed by atoms with Crippen LogP contribution in [0.15, 0.2) is 59.0 Å². The topological polar surface area (TPSA) is 120 Å². The molecule has 3 N–H and O–H groups in total. The molecule has 3 rings (SSSR count). The Labute approximate surface area is 165 Å². The number of amides is 2. The molecular formula is C19H17ClN4O4. The number of halogens is 1. The second kappa shape index (κ2) is 9.01. The molecular weight excluding hydrogens is 384 g/mol. The van der Waals surface area contributed by atoms with Crippen LogP contribution in [0.2, 0.25) is 5.02 Å². The van der Waals surface area contributed by atoms with Gasteiger partial charge in [-0.3, -0.25) is 4.79 Å². The fourth-order valence-corrected chi connectivity index (χ4v) is 2.81. The van der Waals surface area contributed by atoms with Crippen LogP contribution in [0.4, 0.5) is 4.79 Å². The Bertz CT molecular complexity index is 961. The summed E-state index contributed by atoms with van der Waals surface area (Å²) in [5, 5.41) is 10.7. The number of primary amides is 1. The molecule has 0 fully saturated rings. The number of hydrogen-bond acceptors (Lipinski definition) is 6. The quantitative estimate of drug-likeness (QED) is 0.587. The van der Waals surface area contributed by atoms with Gasteiger partial charge < -0.3 is 20.2 Å². The van der Waals surface area contributed by atoms with E-state index in [-0.39, 0.29) is 18.9 Å². The summed E-state index contributed by atoms with van der Waals surface area (Å²) in [5.74, 6) is -0.0986. The molecule has 0 radical (unpaired) electrons. The van der Waals surface area contributed by atoms with Crippen molar-refractivity contribution in [2.24, 2.45) is 5.73 Å². The summed E-state index contributed by atoms with van der Waals surface area (Å²) in [6.45, 7) is -0.190. The standard InChI is InChI=1S/C19H17ClN4O4/c20-14-9-5-4-8-13(14)15(22-19(21)26)10-17(25)27-11-16-23-24-18(28-16)12-6-2-1-3-7-12/h1-9,15H,10-11H2,(H3,21,22,26)/t15-/m0/s1. The summed E-state index contributed by atoms with van der Waals surface area (Å²) in [5.41, 5.74) is 6.52. The van der Waals surface area contributed by atoms with E-state index in [0.717, 1.165) is 5.56 Å². The van der Waals surface area contributed by atoms with Crippen LogP contribution in [-0.2, 0) is 16.1 Å². The zero-order valence-corrected chi connectivity index (χ0v) is 15.4. The predicted molar refractivity (Wildman–Crippen MR) is 101 cm³/mol.